The summed E-state index contributed by atoms with van der Waals surface area (Å²) in [5.41, 5.74) is 6.55. The number of ether oxygens (including phenoxy) is 1. The Bertz CT molecular complexity index is 612. The topological polar surface area (TPSA) is 98.6 Å². The molecule has 22 heavy (non-hydrogen) atoms. The molecule has 0 aliphatic rings. The Hall–Kier alpha value is -2.12. The highest BCUT2D eigenvalue weighted by atomic mass is 35.5. The van der Waals surface area contributed by atoms with E-state index < -0.39 is 0 Å². The second-order valence-corrected chi connectivity index (χ2v) is 4.89. The molecule has 8 heteroatoms. The van der Waals surface area contributed by atoms with Gasteiger partial charge in [-0.25, -0.2) is 0 Å². The maximum absolute atomic E-state index is 5.84. The SMILES string of the molecule is COCCN=C(N)NCCc1nc(-c2ccc(Cl)cc2)no1. The van der Waals surface area contributed by atoms with Crippen LogP contribution in [0.4, 0.5) is 0 Å². The average molecular weight is 324 g/mol. The van der Waals surface area contributed by atoms with E-state index in [1.54, 1.807) is 19.2 Å². The first-order chi connectivity index (χ1) is 10.7. The molecule has 1 aromatic heterocycles. The molecule has 0 aliphatic carbocycles. The van der Waals surface area contributed by atoms with Crippen molar-refractivity contribution in [1.82, 2.24) is 15.5 Å². The van der Waals surface area contributed by atoms with Gasteiger partial charge in [0.05, 0.1) is 13.2 Å². The molecule has 0 radical (unpaired) electrons. The van der Waals surface area contributed by atoms with Crippen molar-refractivity contribution in [3.8, 4) is 11.4 Å². The van der Waals surface area contributed by atoms with E-state index in [9.17, 15) is 0 Å². The van der Waals surface area contributed by atoms with Crippen LogP contribution in [0.3, 0.4) is 0 Å². The number of aromatic nitrogens is 2. The van der Waals surface area contributed by atoms with Gasteiger partial charge >= 0.3 is 0 Å². The summed E-state index contributed by atoms with van der Waals surface area (Å²) in [5, 5.41) is 7.58. The molecule has 1 heterocycles. The van der Waals surface area contributed by atoms with Crippen LogP contribution >= 0.6 is 11.6 Å². The molecule has 0 unspecified atom stereocenters. The van der Waals surface area contributed by atoms with E-state index >= 15 is 0 Å². The number of aliphatic imine (C=N–C) groups is 1. The number of methoxy groups -OCH3 is 1. The minimum atomic E-state index is 0.370. The van der Waals surface area contributed by atoms with E-state index in [2.05, 4.69) is 20.4 Å². The number of guanidine groups is 1. The lowest BCUT2D eigenvalue weighted by Gasteiger charge is -2.03. The Labute approximate surface area is 133 Å². The molecular formula is C14H18ClN5O2. The summed E-state index contributed by atoms with van der Waals surface area (Å²) in [7, 11) is 1.62. The number of halogens is 1. The summed E-state index contributed by atoms with van der Waals surface area (Å²) in [4.78, 5) is 8.41. The van der Waals surface area contributed by atoms with Crippen LogP contribution in [-0.4, -0.2) is 42.9 Å². The normalized spacial score (nSPS) is 11.6. The maximum atomic E-state index is 5.84. The van der Waals surface area contributed by atoms with Crippen LogP contribution in [0.25, 0.3) is 11.4 Å². The maximum Gasteiger partial charge on any atom is 0.228 e. The number of nitrogens with zero attached hydrogens (tertiary/aromatic N) is 3. The van der Waals surface area contributed by atoms with Crippen LogP contribution in [0.5, 0.6) is 0 Å². The van der Waals surface area contributed by atoms with Gasteiger partial charge in [-0.05, 0) is 24.3 Å². The molecule has 0 fully saturated rings. The Balaban J connectivity index is 1.82. The zero-order valence-electron chi connectivity index (χ0n) is 12.3. The average Bonchev–Trinajstić information content (AvgIpc) is 2.97. The Morgan fingerprint density at radius 2 is 2.18 bits per heavy atom. The first-order valence-corrected chi connectivity index (χ1v) is 7.18. The molecule has 2 rings (SSSR count). The highest BCUT2D eigenvalue weighted by Crippen LogP contribution is 2.18. The van der Waals surface area contributed by atoms with Gasteiger partial charge in [-0.1, -0.05) is 16.8 Å². The zero-order valence-corrected chi connectivity index (χ0v) is 13.0. The van der Waals surface area contributed by atoms with Gasteiger partial charge in [0.15, 0.2) is 5.96 Å². The number of nitrogens with one attached hydrogen (secondary N) is 1. The van der Waals surface area contributed by atoms with Crippen molar-refractivity contribution >= 4 is 17.6 Å². The molecular weight excluding hydrogens is 306 g/mol. The van der Waals surface area contributed by atoms with Crippen molar-refractivity contribution in [3.05, 3.63) is 35.2 Å². The summed E-state index contributed by atoms with van der Waals surface area (Å²) in [5.74, 6) is 1.44. The molecule has 118 valence electrons. The lowest BCUT2D eigenvalue weighted by Crippen LogP contribution is -2.33. The predicted molar refractivity (Wildman–Crippen MR) is 84.8 cm³/mol. The minimum Gasteiger partial charge on any atom is -0.383 e. The van der Waals surface area contributed by atoms with Crippen LogP contribution in [-0.2, 0) is 11.2 Å². The molecule has 0 bridgehead atoms. The van der Waals surface area contributed by atoms with Gasteiger partial charge in [0.2, 0.25) is 11.7 Å². The van der Waals surface area contributed by atoms with Crippen molar-refractivity contribution in [3.63, 3.8) is 0 Å². The smallest absolute Gasteiger partial charge is 0.228 e. The number of hydrogen-bond donors (Lipinski definition) is 2. The summed E-state index contributed by atoms with van der Waals surface area (Å²) in [6, 6.07) is 7.25. The van der Waals surface area contributed by atoms with Crippen molar-refractivity contribution in [2.24, 2.45) is 10.7 Å². The minimum absolute atomic E-state index is 0.370. The third kappa shape index (κ3) is 5.01. The summed E-state index contributed by atoms with van der Waals surface area (Å²) < 4.78 is 10.1. The van der Waals surface area contributed by atoms with Gasteiger partial charge in [0, 0.05) is 30.7 Å². The van der Waals surface area contributed by atoms with E-state index in [4.69, 9.17) is 26.6 Å². The van der Waals surface area contributed by atoms with Gasteiger partial charge in [-0.3, -0.25) is 4.99 Å². The summed E-state index contributed by atoms with van der Waals surface area (Å²) in [6.07, 6.45) is 0.557. The highest BCUT2D eigenvalue weighted by Gasteiger charge is 2.08. The molecule has 0 amide bonds. The standard InChI is InChI=1S/C14H18ClN5O2/c1-21-9-8-18-14(16)17-7-6-12-19-13(20-22-12)10-2-4-11(15)5-3-10/h2-5H,6-9H2,1H3,(H3,16,17,18). The van der Waals surface area contributed by atoms with Crippen LogP contribution in [0.2, 0.25) is 5.02 Å². The molecule has 1 aromatic carbocycles. The first kappa shape index (κ1) is 16.3. The number of nitrogens with two attached hydrogens (primary N) is 1. The molecule has 3 N–H and O–H groups in total. The Kier molecular flexibility index (Phi) is 6.17. The van der Waals surface area contributed by atoms with E-state index in [-0.39, 0.29) is 0 Å². The van der Waals surface area contributed by atoms with Gasteiger partial charge in [-0.2, -0.15) is 4.98 Å². The lowest BCUT2D eigenvalue weighted by atomic mass is 10.2. The quantitative estimate of drug-likeness (QED) is 0.455. The van der Waals surface area contributed by atoms with Crippen molar-refractivity contribution in [2.45, 2.75) is 6.42 Å². The summed E-state index contributed by atoms with van der Waals surface area (Å²) in [6.45, 7) is 1.62. The van der Waals surface area contributed by atoms with Gasteiger partial charge < -0.3 is 20.3 Å². The molecule has 0 saturated carbocycles. The fraction of sp³-hybridized carbons (Fsp3) is 0.357. The van der Waals surface area contributed by atoms with Gasteiger partial charge in [-0.15, -0.1) is 0 Å². The van der Waals surface area contributed by atoms with Crippen molar-refractivity contribution < 1.29 is 9.26 Å². The van der Waals surface area contributed by atoms with Crippen LogP contribution < -0.4 is 11.1 Å². The van der Waals surface area contributed by atoms with Crippen molar-refractivity contribution in [1.29, 1.82) is 0 Å². The number of hydrogen-bond acceptors (Lipinski definition) is 5. The molecule has 0 atom stereocenters. The molecule has 0 saturated heterocycles. The number of rotatable bonds is 7. The van der Waals surface area contributed by atoms with Crippen LogP contribution in [0.1, 0.15) is 5.89 Å². The lowest BCUT2D eigenvalue weighted by molar-refractivity contribution is 0.208. The first-order valence-electron chi connectivity index (χ1n) is 6.80. The summed E-state index contributed by atoms with van der Waals surface area (Å²) >= 11 is 5.84. The fourth-order valence-electron chi connectivity index (χ4n) is 1.68. The predicted octanol–water partition coefficient (Wildman–Crippen LogP) is 1.48. The van der Waals surface area contributed by atoms with Gasteiger partial charge in [0.1, 0.15) is 0 Å². The number of benzene rings is 1. The third-order valence-corrected chi connectivity index (χ3v) is 3.05. The molecule has 0 spiro atoms. The van der Waals surface area contributed by atoms with E-state index in [0.29, 0.717) is 48.8 Å². The Morgan fingerprint density at radius 3 is 2.91 bits per heavy atom. The van der Waals surface area contributed by atoms with Gasteiger partial charge in [0.25, 0.3) is 0 Å². The molecule has 0 aliphatic heterocycles. The second kappa shape index (κ2) is 8.35. The van der Waals surface area contributed by atoms with E-state index in [0.717, 1.165) is 5.56 Å². The van der Waals surface area contributed by atoms with E-state index in [1.165, 1.54) is 0 Å². The second-order valence-electron chi connectivity index (χ2n) is 4.46. The fourth-order valence-corrected chi connectivity index (χ4v) is 1.81. The largest absolute Gasteiger partial charge is 0.383 e. The van der Waals surface area contributed by atoms with E-state index in [1.807, 2.05) is 12.1 Å². The monoisotopic (exact) mass is 323 g/mol. The molecule has 2 aromatic rings. The van der Waals surface area contributed by atoms with Crippen molar-refractivity contribution in [2.75, 3.05) is 26.8 Å². The zero-order chi connectivity index (χ0) is 15.8. The Morgan fingerprint density at radius 1 is 1.41 bits per heavy atom. The van der Waals surface area contributed by atoms with Crippen LogP contribution in [0, 0.1) is 0 Å². The third-order valence-electron chi connectivity index (χ3n) is 2.79. The highest BCUT2D eigenvalue weighted by molar-refractivity contribution is 6.30. The van der Waals surface area contributed by atoms with Crippen LogP contribution in [0.15, 0.2) is 33.8 Å². The molecule has 7 nitrogen and oxygen atoms in total.